The second kappa shape index (κ2) is 11.9. The zero-order valence-electron chi connectivity index (χ0n) is 24.3. The molecule has 1 aromatic heterocycles. The largest absolute Gasteiger partial charge is 0.508 e. The first-order chi connectivity index (χ1) is 21.5. The number of aromatic nitrogens is 2. The molecule has 1 spiro atoms. The van der Waals surface area contributed by atoms with Crippen LogP contribution in [0.15, 0.2) is 82.4 Å². The van der Waals surface area contributed by atoms with Gasteiger partial charge >= 0.3 is 11.9 Å². The maximum Gasteiger partial charge on any atom is 0.416 e. The number of piperidine rings is 1. The van der Waals surface area contributed by atoms with E-state index in [1.165, 1.54) is 0 Å². The lowest BCUT2D eigenvalue weighted by Gasteiger charge is -2.39. The Balaban J connectivity index is 1.42. The number of likely N-dealkylation sites (tertiary alicyclic amines) is 1. The summed E-state index contributed by atoms with van der Waals surface area (Å²) < 4.78 is 65.1. The van der Waals surface area contributed by atoms with E-state index in [1.54, 1.807) is 48.5 Å². The summed E-state index contributed by atoms with van der Waals surface area (Å²) in [5.41, 5.74) is 3.86. The minimum atomic E-state index is -4.87. The number of nitrogens with two attached hydrogens (primary N) is 1. The highest BCUT2D eigenvalue weighted by molar-refractivity contribution is 5.35. The van der Waals surface area contributed by atoms with E-state index in [9.17, 15) is 32.3 Å². The van der Waals surface area contributed by atoms with Crippen molar-refractivity contribution in [3.8, 4) is 5.75 Å². The number of phenols is 1. The van der Waals surface area contributed by atoms with Crippen molar-refractivity contribution >= 4 is 0 Å². The number of rotatable bonds is 7. The average molecular weight is 625 g/mol. The highest BCUT2D eigenvalue weighted by atomic mass is 19.4. The molecule has 1 fully saturated rings. The number of nitrogens with zero attached hydrogens (tertiary/aromatic N) is 3. The second-order valence-corrected chi connectivity index (χ2v) is 11.6. The Labute approximate surface area is 255 Å². The van der Waals surface area contributed by atoms with Gasteiger partial charge < -0.3 is 15.6 Å². The molecule has 1 atom stereocenters. The third-order valence-corrected chi connectivity index (χ3v) is 8.80. The maximum absolute atomic E-state index is 15.0. The third kappa shape index (κ3) is 5.92. The number of hydrogen-bond donors (Lipinski definition) is 2. The molecule has 2 aliphatic heterocycles. The predicted octanol–water partition coefficient (Wildman–Crippen LogP) is 4.64. The van der Waals surface area contributed by atoms with Crippen LogP contribution in [0.3, 0.4) is 0 Å². The Morgan fingerprint density at radius 1 is 0.933 bits per heavy atom. The Bertz CT molecular complexity index is 1830. The predicted molar refractivity (Wildman–Crippen MR) is 158 cm³/mol. The fourth-order valence-electron chi connectivity index (χ4n) is 6.48. The summed E-state index contributed by atoms with van der Waals surface area (Å²) in [6.45, 7) is 0.421. The van der Waals surface area contributed by atoms with Crippen LogP contribution in [-0.2, 0) is 42.8 Å². The van der Waals surface area contributed by atoms with E-state index in [2.05, 4.69) is 4.90 Å². The molecule has 236 valence electrons. The van der Waals surface area contributed by atoms with Gasteiger partial charge in [-0.15, -0.1) is 0 Å². The molecule has 0 saturated carbocycles. The van der Waals surface area contributed by atoms with Crippen molar-refractivity contribution in [2.45, 2.75) is 56.9 Å². The standard InChI is InChI=1S/C33H32F4N4O4/c34-26-11-5-10-25(33(35,36)37)24(26)18-40-28-20-45-32(12-14-39(15-13-32)17-21-6-4-9-23(42)16-21)29(28)30(43)41(31(40)44)19-27(38)22-7-2-1-3-8-22/h1-11,16,27,42H,12-15,17-20,38H2. The maximum atomic E-state index is 15.0. The fourth-order valence-corrected chi connectivity index (χ4v) is 6.48. The molecule has 0 radical (unpaired) electrons. The van der Waals surface area contributed by atoms with E-state index in [1.807, 2.05) is 6.07 Å². The molecule has 3 heterocycles. The van der Waals surface area contributed by atoms with E-state index in [4.69, 9.17) is 10.5 Å². The van der Waals surface area contributed by atoms with Crippen molar-refractivity contribution in [2.24, 2.45) is 5.73 Å². The molecular formula is C33H32F4N4O4. The van der Waals surface area contributed by atoms with E-state index in [-0.39, 0.29) is 30.2 Å². The van der Waals surface area contributed by atoms with Crippen molar-refractivity contribution in [3.05, 3.63) is 133 Å². The summed E-state index contributed by atoms with van der Waals surface area (Å²) in [6, 6.07) is 17.6. The van der Waals surface area contributed by atoms with Gasteiger partial charge in [-0.1, -0.05) is 48.5 Å². The summed E-state index contributed by atoms with van der Waals surface area (Å²) in [6.07, 6.45) is -4.11. The molecule has 12 heteroatoms. The number of phenolic OH excluding ortho intramolecular Hbond substituents is 1. The smallest absolute Gasteiger partial charge is 0.416 e. The first kappa shape index (κ1) is 30.8. The third-order valence-electron chi connectivity index (χ3n) is 8.80. The molecule has 0 aliphatic carbocycles. The lowest BCUT2D eigenvalue weighted by atomic mass is 9.85. The molecule has 4 aromatic rings. The lowest BCUT2D eigenvalue weighted by molar-refractivity contribution is -0.138. The van der Waals surface area contributed by atoms with Gasteiger partial charge in [-0.2, -0.15) is 13.2 Å². The summed E-state index contributed by atoms with van der Waals surface area (Å²) in [5.74, 6) is -0.956. The zero-order chi connectivity index (χ0) is 31.9. The lowest BCUT2D eigenvalue weighted by Crippen LogP contribution is -2.49. The van der Waals surface area contributed by atoms with Crippen LogP contribution in [0.5, 0.6) is 5.75 Å². The number of hydrogen-bond acceptors (Lipinski definition) is 6. The second-order valence-electron chi connectivity index (χ2n) is 11.6. The van der Waals surface area contributed by atoms with Crippen LogP contribution in [-0.4, -0.2) is 32.2 Å². The van der Waals surface area contributed by atoms with Crippen molar-refractivity contribution in [1.29, 1.82) is 0 Å². The SMILES string of the molecule is NC(Cn1c(=O)c2c(n(Cc3c(F)cccc3C(F)(F)F)c1=O)COC21CCN(Cc2cccc(O)c2)CC1)c1ccccc1. The minimum absolute atomic E-state index is 0.146. The number of aromatic hydroxyl groups is 1. The fraction of sp³-hybridized carbons (Fsp3) is 0.333. The van der Waals surface area contributed by atoms with Gasteiger partial charge in [0.05, 0.1) is 36.5 Å². The Morgan fingerprint density at radius 3 is 2.33 bits per heavy atom. The molecule has 3 N–H and O–H groups in total. The Kier molecular flexibility index (Phi) is 8.14. The van der Waals surface area contributed by atoms with Gasteiger partial charge in [0, 0.05) is 31.2 Å². The summed E-state index contributed by atoms with van der Waals surface area (Å²) in [7, 11) is 0. The quantitative estimate of drug-likeness (QED) is 0.291. The van der Waals surface area contributed by atoms with Crippen LogP contribution in [0.25, 0.3) is 0 Å². The number of ether oxygens (including phenoxy) is 1. The van der Waals surface area contributed by atoms with E-state index in [0.717, 1.165) is 32.9 Å². The Morgan fingerprint density at radius 2 is 1.64 bits per heavy atom. The molecule has 6 rings (SSSR count). The molecule has 0 amide bonds. The van der Waals surface area contributed by atoms with Crippen LogP contribution >= 0.6 is 0 Å². The summed E-state index contributed by atoms with van der Waals surface area (Å²) in [4.78, 5) is 30.2. The van der Waals surface area contributed by atoms with E-state index >= 15 is 0 Å². The number of benzene rings is 3. The van der Waals surface area contributed by atoms with E-state index in [0.29, 0.717) is 38.0 Å². The van der Waals surface area contributed by atoms with Crippen molar-refractivity contribution in [1.82, 2.24) is 14.0 Å². The van der Waals surface area contributed by atoms with Gasteiger partial charge in [0.2, 0.25) is 0 Å². The van der Waals surface area contributed by atoms with Gasteiger partial charge in [-0.05, 0) is 48.2 Å². The van der Waals surface area contributed by atoms with Crippen molar-refractivity contribution < 1.29 is 27.4 Å². The normalized spacial score (nSPS) is 17.0. The van der Waals surface area contributed by atoms with Crippen LogP contribution in [0.1, 0.15) is 52.4 Å². The van der Waals surface area contributed by atoms with Gasteiger partial charge in [0.1, 0.15) is 17.2 Å². The van der Waals surface area contributed by atoms with Crippen molar-refractivity contribution in [3.63, 3.8) is 0 Å². The molecule has 8 nitrogen and oxygen atoms in total. The zero-order valence-corrected chi connectivity index (χ0v) is 24.3. The highest BCUT2D eigenvalue weighted by Gasteiger charge is 2.47. The molecule has 3 aromatic carbocycles. The first-order valence-corrected chi connectivity index (χ1v) is 14.6. The summed E-state index contributed by atoms with van der Waals surface area (Å²) >= 11 is 0. The molecular weight excluding hydrogens is 592 g/mol. The monoisotopic (exact) mass is 624 g/mol. The highest BCUT2D eigenvalue weighted by Crippen LogP contribution is 2.43. The number of halogens is 4. The van der Waals surface area contributed by atoms with Gasteiger partial charge in [-0.3, -0.25) is 18.8 Å². The number of alkyl halides is 3. The topological polar surface area (TPSA) is 103 Å². The van der Waals surface area contributed by atoms with Gasteiger partial charge in [0.15, 0.2) is 0 Å². The molecule has 1 unspecified atom stereocenters. The van der Waals surface area contributed by atoms with Crippen LogP contribution < -0.4 is 17.0 Å². The van der Waals surface area contributed by atoms with Gasteiger partial charge in [-0.25, -0.2) is 9.18 Å². The first-order valence-electron chi connectivity index (χ1n) is 14.6. The molecule has 45 heavy (non-hydrogen) atoms. The van der Waals surface area contributed by atoms with Gasteiger partial charge in [0.25, 0.3) is 5.56 Å². The average Bonchev–Trinajstić information content (AvgIpc) is 3.37. The molecule has 0 bridgehead atoms. The number of fused-ring (bicyclic) bond motifs is 2. The molecule has 1 saturated heterocycles. The Hall–Kier alpha value is -4.26. The summed E-state index contributed by atoms with van der Waals surface area (Å²) in [5, 5.41) is 9.85. The molecule has 2 aliphatic rings. The van der Waals surface area contributed by atoms with Crippen LogP contribution in [0.2, 0.25) is 0 Å². The van der Waals surface area contributed by atoms with Crippen LogP contribution in [0, 0.1) is 5.82 Å². The van der Waals surface area contributed by atoms with Crippen LogP contribution in [0.4, 0.5) is 17.6 Å². The van der Waals surface area contributed by atoms with E-state index < -0.39 is 52.6 Å². The van der Waals surface area contributed by atoms with Crippen molar-refractivity contribution in [2.75, 3.05) is 13.1 Å². The minimum Gasteiger partial charge on any atom is -0.508 e.